The molecule has 0 aliphatic carbocycles. The van der Waals surface area contributed by atoms with Crippen molar-refractivity contribution in [1.29, 1.82) is 0 Å². The van der Waals surface area contributed by atoms with Gasteiger partial charge in [0.15, 0.2) is 0 Å². The maximum Gasteiger partial charge on any atom is 0.319 e. The van der Waals surface area contributed by atoms with Crippen molar-refractivity contribution in [1.82, 2.24) is 10.2 Å². The van der Waals surface area contributed by atoms with Crippen LogP contribution in [-0.4, -0.2) is 38.1 Å². The van der Waals surface area contributed by atoms with E-state index >= 15 is 0 Å². The van der Waals surface area contributed by atoms with Gasteiger partial charge in [-0.05, 0) is 54.9 Å². The van der Waals surface area contributed by atoms with Crippen LogP contribution in [0.4, 0.5) is 10.5 Å². The van der Waals surface area contributed by atoms with E-state index in [-0.39, 0.29) is 6.03 Å². The minimum atomic E-state index is -0.163. The summed E-state index contributed by atoms with van der Waals surface area (Å²) in [6.07, 6.45) is 0. The molecule has 16 heavy (non-hydrogen) atoms. The van der Waals surface area contributed by atoms with Gasteiger partial charge in [0.2, 0.25) is 0 Å². The first-order chi connectivity index (χ1) is 7.58. The van der Waals surface area contributed by atoms with E-state index in [1.165, 1.54) is 0 Å². The molecule has 0 saturated heterocycles. The molecule has 0 saturated carbocycles. The van der Waals surface area contributed by atoms with Gasteiger partial charge in [-0.25, -0.2) is 4.79 Å². The second kappa shape index (κ2) is 6.70. The molecule has 0 fully saturated rings. The molecule has 1 aromatic carbocycles. The Labute approximate surface area is 110 Å². The van der Waals surface area contributed by atoms with E-state index in [0.29, 0.717) is 6.54 Å². The maximum absolute atomic E-state index is 11.5. The second-order valence-corrected chi connectivity index (χ2v) is 4.94. The summed E-state index contributed by atoms with van der Waals surface area (Å²) in [4.78, 5) is 13.5. The molecule has 2 N–H and O–H groups in total. The second-order valence-electron chi connectivity index (χ2n) is 3.69. The number of hydrogen-bond acceptors (Lipinski definition) is 2. The Morgan fingerprint density at radius 1 is 1.44 bits per heavy atom. The van der Waals surface area contributed by atoms with Gasteiger partial charge in [0.1, 0.15) is 0 Å². The van der Waals surface area contributed by atoms with E-state index in [1.807, 2.05) is 43.3 Å². The molecule has 0 heterocycles. The molecule has 0 unspecified atom stereocenters. The fraction of sp³-hybridized carbons (Fsp3) is 0.364. The number of halogens is 1. The zero-order chi connectivity index (χ0) is 12.0. The lowest BCUT2D eigenvalue weighted by Crippen LogP contribution is -2.34. The van der Waals surface area contributed by atoms with Crippen LogP contribution in [0.2, 0.25) is 0 Å². The average Bonchev–Trinajstić information content (AvgIpc) is 2.16. The molecule has 1 rings (SSSR count). The van der Waals surface area contributed by atoms with Crippen LogP contribution in [0.5, 0.6) is 0 Å². The number of carbonyl (C=O) groups is 1. The van der Waals surface area contributed by atoms with E-state index in [1.54, 1.807) is 0 Å². The van der Waals surface area contributed by atoms with Crippen LogP contribution in [0.25, 0.3) is 0 Å². The van der Waals surface area contributed by atoms with Gasteiger partial charge >= 0.3 is 6.03 Å². The summed E-state index contributed by atoms with van der Waals surface area (Å²) in [7, 11) is 3.94. The van der Waals surface area contributed by atoms with Crippen molar-refractivity contribution >= 4 is 34.3 Å². The quantitative estimate of drug-likeness (QED) is 0.828. The van der Waals surface area contributed by atoms with Gasteiger partial charge in [0.05, 0.1) is 0 Å². The van der Waals surface area contributed by atoms with Crippen molar-refractivity contribution in [3.05, 3.63) is 27.8 Å². The smallest absolute Gasteiger partial charge is 0.319 e. The number of benzene rings is 1. The van der Waals surface area contributed by atoms with Gasteiger partial charge < -0.3 is 15.5 Å². The summed E-state index contributed by atoms with van der Waals surface area (Å²) in [6, 6.07) is 7.52. The highest BCUT2D eigenvalue weighted by atomic mass is 127. The number of amides is 2. The topological polar surface area (TPSA) is 44.4 Å². The minimum Gasteiger partial charge on any atom is -0.337 e. The summed E-state index contributed by atoms with van der Waals surface area (Å²) in [5.41, 5.74) is 0.814. The van der Waals surface area contributed by atoms with Crippen molar-refractivity contribution < 1.29 is 4.79 Å². The summed E-state index contributed by atoms with van der Waals surface area (Å²) in [5, 5.41) is 5.57. The number of nitrogens with one attached hydrogen (secondary N) is 2. The van der Waals surface area contributed by atoms with Crippen molar-refractivity contribution in [3.63, 3.8) is 0 Å². The highest BCUT2D eigenvalue weighted by Crippen LogP contribution is 2.11. The van der Waals surface area contributed by atoms with Crippen LogP contribution in [-0.2, 0) is 0 Å². The van der Waals surface area contributed by atoms with Crippen LogP contribution in [0.1, 0.15) is 0 Å². The van der Waals surface area contributed by atoms with Crippen LogP contribution < -0.4 is 10.6 Å². The zero-order valence-corrected chi connectivity index (χ0v) is 11.6. The van der Waals surface area contributed by atoms with E-state index in [4.69, 9.17) is 0 Å². The normalized spacial score (nSPS) is 10.2. The average molecular weight is 333 g/mol. The Morgan fingerprint density at radius 3 is 2.81 bits per heavy atom. The summed E-state index contributed by atoms with van der Waals surface area (Å²) in [5.74, 6) is 0. The number of carbonyl (C=O) groups excluding carboxylic acids is 1. The number of urea groups is 1. The van der Waals surface area contributed by atoms with Crippen molar-refractivity contribution in [2.24, 2.45) is 0 Å². The molecule has 0 aromatic heterocycles. The van der Waals surface area contributed by atoms with Gasteiger partial charge in [-0.15, -0.1) is 0 Å². The highest BCUT2D eigenvalue weighted by molar-refractivity contribution is 14.1. The number of anilines is 1. The van der Waals surface area contributed by atoms with E-state index in [9.17, 15) is 4.79 Å². The Balaban J connectivity index is 2.34. The standard InChI is InChI=1S/C11H16IN3O/c1-15(2)7-6-13-11(16)14-10-5-3-4-9(12)8-10/h3-5,8H,6-7H2,1-2H3,(H2,13,14,16). The number of hydrogen-bond donors (Lipinski definition) is 2. The van der Waals surface area contributed by atoms with E-state index in [0.717, 1.165) is 15.8 Å². The van der Waals surface area contributed by atoms with Gasteiger partial charge in [0, 0.05) is 22.3 Å². The summed E-state index contributed by atoms with van der Waals surface area (Å²) < 4.78 is 1.10. The molecular weight excluding hydrogens is 317 g/mol. The first-order valence-corrected chi connectivity index (χ1v) is 6.11. The van der Waals surface area contributed by atoms with Gasteiger partial charge in [-0.1, -0.05) is 6.07 Å². The van der Waals surface area contributed by atoms with E-state index < -0.39 is 0 Å². The van der Waals surface area contributed by atoms with Crippen molar-refractivity contribution in [2.75, 3.05) is 32.5 Å². The predicted molar refractivity (Wildman–Crippen MR) is 74.7 cm³/mol. The molecule has 0 aliphatic rings. The fourth-order valence-corrected chi connectivity index (χ4v) is 1.68. The molecule has 2 amide bonds. The molecule has 0 spiro atoms. The lowest BCUT2D eigenvalue weighted by molar-refractivity contribution is 0.250. The van der Waals surface area contributed by atoms with Gasteiger partial charge in [-0.3, -0.25) is 0 Å². The van der Waals surface area contributed by atoms with Crippen molar-refractivity contribution in [3.8, 4) is 0 Å². The SMILES string of the molecule is CN(C)CCNC(=O)Nc1cccc(I)c1. The molecule has 5 heteroatoms. The van der Waals surface area contributed by atoms with Gasteiger partial charge in [-0.2, -0.15) is 0 Å². The first-order valence-electron chi connectivity index (χ1n) is 5.03. The molecule has 0 atom stereocenters. The van der Waals surface area contributed by atoms with Crippen LogP contribution in [0.3, 0.4) is 0 Å². The largest absolute Gasteiger partial charge is 0.337 e. The summed E-state index contributed by atoms with van der Waals surface area (Å²) in [6.45, 7) is 1.47. The highest BCUT2D eigenvalue weighted by Gasteiger charge is 2.01. The molecule has 4 nitrogen and oxygen atoms in total. The van der Waals surface area contributed by atoms with Crippen LogP contribution in [0, 0.1) is 3.57 Å². The lowest BCUT2D eigenvalue weighted by Gasteiger charge is -2.11. The fourth-order valence-electron chi connectivity index (χ4n) is 1.13. The van der Waals surface area contributed by atoms with Crippen LogP contribution >= 0.6 is 22.6 Å². The predicted octanol–water partition coefficient (Wildman–Crippen LogP) is 1.97. The lowest BCUT2D eigenvalue weighted by atomic mass is 10.3. The van der Waals surface area contributed by atoms with E-state index in [2.05, 4.69) is 33.2 Å². The number of likely N-dealkylation sites (N-methyl/N-ethyl adjacent to an activating group) is 1. The Kier molecular flexibility index (Phi) is 5.54. The number of nitrogens with zero attached hydrogens (tertiary/aromatic N) is 1. The molecule has 88 valence electrons. The minimum absolute atomic E-state index is 0.163. The monoisotopic (exact) mass is 333 g/mol. The Hall–Kier alpha value is -0.820. The molecule has 1 aromatic rings. The Morgan fingerprint density at radius 2 is 2.19 bits per heavy atom. The van der Waals surface area contributed by atoms with Gasteiger partial charge in [0.25, 0.3) is 0 Å². The Bertz CT molecular complexity index is 355. The number of rotatable bonds is 4. The molecule has 0 radical (unpaired) electrons. The first kappa shape index (κ1) is 13.2. The molecule has 0 bridgehead atoms. The van der Waals surface area contributed by atoms with Crippen molar-refractivity contribution in [2.45, 2.75) is 0 Å². The third-order valence-corrected chi connectivity index (χ3v) is 2.60. The summed E-state index contributed by atoms with van der Waals surface area (Å²) >= 11 is 2.21. The molecule has 0 aliphatic heterocycles. The maximum atomic E-state index is 11.5. The third-order valence-electron chi connectivity index (χ3n) is 1.93. The third kappa shape index (κ3) is 5.32. The molecular formula is C11H16IN3O. The zero-order valence-electron chi connectivity index (χ0n) is 9.46. The van der Waals surface area contributed by atoms with Crippen LogP contribution in [0.15, 0.2) is 24.3 Å².